The van der Waals surface area contributed by atoms with Crippen LogP contribution in [0.3, 0.4) is 0 Å². The highest BCUT2D eigenvalue weighted by molar-refractivity contribution is 8.07. The fourth-order valence-electron chi connectivity index (χ4n) is 5.52. The van der Waals surface area contributed by atoms with Crippen molar-refractivity contribution in [3.63, 3.8) is 0 Å². The fraction of sp³-hybridized carbons (Fsp3) is 0.550. The molecule has 22 heteroatoms. The molecule has 42 heavy (non-hydrogen) atoms. The highest BCUT2D eigenvalue weighted by Gasteiger charge is 2.55. The van der Waals surface area contributed by atoms with Gasteiger partial charge in [-0.2, -0.15) is 0 Å². The van der Waals surface area contributed by atoms with Crippen LogP contribution in [-0.4, -0.2) is 91.6 Å². The minimum Gasteiger partial charge on any atom is -0.382 e. The van der Waals surface area contributed by atoms with E-state index in [4.69, 9.17) is 41.8 Å². The Morgan fingerprint density at radius 3 is 2.79 bits per heavy atom. The van der Waals surface area contributed by atoms with Crippen molar-refractivity contribution in [1.82, 2.24) is 33.8 Å². The Hall–Kier alpha value is -2.72. The second kappa shape index (κ2) is 10.2. The molecule has 0 aliphatic carbocycles. The average Bonchev–Trinajstić information content (AvgIpc) is 3.70. The molecular weight excluding hydrogens is 620 g/mol. The summed E-state index contributed by atoms with van der Waals surface area (Å²) in [4.78, 5) is 31.4. The van der Waals surface area contributed by atoms with Gasteiger partial charge in [-0.3, -0.25) is 14.1 Å². The molecule has 7 N–H and O–H groups in total. The largest absolute Gasteiger partial charge is 0.382 e. The first kappa shape index (κ1) is 28.1. The first-order valence-electron chi connectivity index (χ1n) is 12.6. The molecule has 7 rings (SSSR count). The minimum atomic E-state index is -4.40. The van der Waals surface area contributed by atoms with Gasteiger partial charge in [-0.1, -0.05) is 0 Å². The van der Waals surface area contributed by atoms with E-state index in [-0.39, 0.29) is 18.8 Å². The summed E-state index contributed by atoms with van der Waals surface area (Å²) >= 11 is 5.23. The number of nitrogens with zero attached hydrogens (tertiary/aromatic N) is 7. The zero-order valence-corrected chi connectivity index (χ0v) is 23.9. The molecule has 0 bridgehead atoms. The number of halogens is 1. The van der Waals surface area contributed by atoms with E-state index >= 15 is 4.39 Å². The molecule has 0 saturated carbocycles. The maximum Gasteiger partial charge on any atom is 0.324 e. The van der Waals surface area contributed by atoms with Gasteiger partial charge in [-0.05, 0) is 11.8 Å². The van der Waals surface area contributed by atoms with Crippen LogP contribution < -0.4 is 21.5 Å². The zero-order chi connectivity index (χ0) is 29.4. The lowest BCUT2D eigenvalue weighted by Gasteiger charge is -2.24. The topological polar surface area (TPSA) is 241 Å². The lowest BCUT2D eigenvalue weighted by Crippen LogP contribution is -2.47. The van der Waals surface area contributed by atoms with Crippen LogP contribution in [0.2, 0.25) is 0 Å². The van der Waals surface area contributed by atoms with Crippen LogP contribution in [0.1, 0.15) is 30.7 Å². The first-order chi connectivity index (χ1) is 20.0. The minimum absolute atomic E-state index is 0.130. The maximum absolute atomic E-state index is 16.1. The average molecular weight is 646 g/mol. The van der Waals surface area contributed by atoms with E-state index in [0.717, 1.165) is 0 Å². The number of imidazole rings is 2. The number of alkyl halides is 1. The lowest BCUT2D eigenvalue weighted by molar-refractivity contribution is -0.0368. The number of rotatable bonds is 2. The number of aliphatic imine (C=N–C) groups is 1. The number of ether oxygens (including phenoxy) is 2. The molecule has 3 aromatic heterocycles. The molecule has 18 nitrogen and oxygen atoms in total. The summed E-state index contributed by atoms with van der Waals surface area (Å²) < 4.78 is 71.8. The Labute approximate surface area is 241 Å². The van der Waals surface area contributed by atoms with Crippen molar-refractivity contribution < 1.29 is 36.2 Å². The van der Waals surface area contributed by atoms with E-state index in [1.54, 1.807) is 4.57 Å². The molecule has 226 valence electrons. The Balaban J connectivity index is 1.17. The molecule has 0 radical (unpaired) electrons. The van der Waals surface area contributed by atoms with Gasteiger partial charge in [0.05, 0.1) is 31.7 Å². The predicted molar refractivity (Wildman–Crippen MR) is 146 cm³/mol. The third kappa shape index (κ3) is 4.69. The van der Waals surface area contributed by atoms with Gasteiger partial charge in [-0.15, -0.1) is 0 Å². The molecular formula is C20H25FN11O7PS2. The van der Waals surface area contributed by atoms with E-state index in [1.165, 1.54) is 29.9 Å². The number of fused-ring (bicyclic) bond motifs is 4. The Bertz CT molecular complexity index is 1720. The molecule has 3 fully saturated rings. The molecule has 3 saturated heterocycles. The van der Waals surface area contributed by atoms with Gasteiger partial charge in [0.25, 0.3) is 0 Å². The molecule has 3 aromatic rings. The van der Waals surface area contributed by atoms with E-state index in [2.05, 4.69) is 35.0 Å². The number of hydrogen-bond donors (Lipinski definition) is 5. The van der Waals surface area contributed by atoms with Gasteiger partial charge in [-0.25, -0.2) is 37.5 Å². The Morgan fingerprint density at radius 1 is 1.14 bits per heavy atom. The van der Waals surface area contributed by atoms with Crippen LogP contribution in [0, 0.1) is 0 Å². The molecule has 9 atom stereocenters. The number of nitrogen functional groups attached to an aromatic ring is 1. The van der Waals surface area contributed by atoms with Crippen LogP contribution in [0.15, 0.2) is 24.0 Å². The summed E-state index contributed by atoms with van der Waals surface area (Å²) in [7, 11) is -4.40. The number of aromatic nitrogens is 6. The highest BCUT2D eigenvalue weighted by Crippen LogP contribution is 2.50. The monoisotopic (exact) mass is 645 g/mol. The van der Waals surface area contributed by atoms with Gasteiger partial charge in [0.1, 0.15) is 53.2 Å². The van der Waals surface area contributed by atoms with Crippen molar-refractivity contribution in [1.29, 1.82) is 0 Å². The van der Waals surface area contributed by atoms with Crippen molar-refractivity contribution in [2.24, 2.45) is 10.7 Å². The van der Waals surface area contributed by atoms with E-state index in [0.29, 0.717) is 22.7 Å². The number of sulfonamides is 1. The predicted octanol–water partition coefficient (Wildman–Crippen LogP) is -0.840. The lowest BCUT2D eigenvalue weighted by atomic mass is 10.2. The summed E-state index contributed by atoms with van der Waals surface area (Å²) in [6.07, 6.45) is -2.77. The van der Waals surface area contributed by atoms with Gasteiger partial charge < -0.3 is 40.2 Å². The second-order valence-electron chi connectivity index (χ2n) is 9.98. The molecule has 2 unspecified atom stereocenters. The van der Waals surface area contributed by atoms with Gasteiger partial charge in [0, 0.05) is 13.0 Å². The Morgan fingerprint density at radius 2 is 1.95 bits per heavy atom. The number of nitrogens with two attached hydrogens (primary N) is 2. The van der Waals surface area contributed by atoms with Crippen molar-refractivity contribution in [3.8, 4) is 0 Å². The third-order valence-electron chi connectivity index (χ3n) is 7.47. The molecule has 4 aliphatic heterocycles. The number of nitrogens with one attached hydrogen (secondary N) is 2. The van der Waals surface area contributed by atoms with Gasteiger partial charge in [0.2, 0.25) is 10.0 Å². The highest BCUT2D eigenvalue weighted by atomic mass is 32.5. The molecule has 7 heterocycles. The van der Waals surface area contributed by atoms with Crippen LogP contribution in [0.25, 0.3) is 11.2 Å². The zero-order valence-electron chi connectivity index (χ0n) is 21.4. The van der Waals surface area contributed by atoms with Crippen molar-refractivity contribution in [2.45, 2.75) is 54.8 Å². The van der Waals surface area contributed by atoms with E-state index in [9.17, 15) is 13.3 Å². The van der Waals surface area contributed by atoms with Gasteiger partial charge >= 0.3 is 6.72 Å². The van der Waals surface area contributed by atoms with Crippen molar-refractivity contribution in [2.75, 3.05) is 24.2 Å². The standard InChI is InChI=1S/C20H25FN11O7PS2/c21-12-15-10(38-20(12)32-7-29-14-17(23)25-5-27-19(14)32)3-36-40(33,41)39-8-1-11(37-9(8)2-30-42(15,34)35)31-6-28-13-16(22)24-4-26-18(13)31/h4-12,15,17,20,30H,1-3,23H2,(H,25,27)(H,33,41)(H2,22,24,26)/t8-,9+,10+,11+,12+,15+,17?,20+,40?/m0/s1. The summed E-state index contributed by atoms with van der Waals surface area (Å²) in [6, 6.07) is 0. The van der Waals surface area contributed by atoms with Crippen LogP contribution in [0.4, 0.5) is 16.0 Å². The van der Waals surface area contributed by atoms with E-state index < -0.39 is 71.7 Å². The molecule has 0 aromatic carbocycles. The summed E-state index contributed by atoms with van der Waals surface area (Å²) in [6.45, 7) is -4.87. The summed E-state index contributed by atoms with van der Waals surface area (Å²) in [5.74, 6) is 0.477. The maximum atomic E-state index is 16.1. The van der Waals surface area contributed by atoms with Gasteiger partial charge in [0.15, 0.2) is 23.9 Å². The smallest absolute Gasteiger partial charge is 0.324 e. The van der Waals surface area contributed by atoms with Crippen molar-refractivity contribution in [3.05, 3.63) is 24.7 Å². The third-order valence-corrected chi connectivity index (χ3v) is 10.9. The molecule has 0 spiro atoms. The fourth-order valence-corrected chi connectivity index (χ4v) is 8.60. The number of anilines is 2. The van der Waals surface area contributed by atoms with Crippen LogP contribution in [0.5, 0.6) is 0 Å². The normalized spacial score (nSPS) is 37.9. The SMILES string of the molecule is Nc1ncnc2c1ncn2[C@H]1C[C@@H]2OP(O)(=S)OC[C@H]3O[C@@H](n4cnc5c4NC=NC5N)[C@H](F)[C@@H]3S(=O)(=O)NC[C@H]2O1. The molecule has 0 amide bonds. The first-order valence-corrected chi connectivity index (χ1v) is 16.8. The van der Waals surface area contributed by atoms with E-state index in [1.807, 2.05) is 0 Å². The van der Waals surface area contributed by atoms with Crippen LogP contribution >= 0.6 is 6.72 Å². The quantitative estimate of drug-likeness (QED) is 0.213. The van der Waals surface area contributed by atoms with Crippen molar-refractivity contribution >= 4 is 57.7 Å². The summed E-state index contributed by atoms with van der Waals surface area (Å²) in [5, 5.41) is 1.10. The summed E-state index contributed by atoms with van der Waals surface area (Å²) in [5.41, 5.74) is 12.9. The molecule has 4 aliphatic rings. The van der Waals surface area contributed by atoms with Crippen LogP contribution in [-0.2, 0) is 40.4 Å². The number of hydrogen-bond acceptors (Lipinski definition) is 15. The Kier molecular flexibility index (Phi) is 6.81. The second-order valence-corrected chi connectivity index (χ2v) is 14.7.